The fourth-order valence-corrected chi connectivity index (χ4v) is 1.65. The Hall–Kier alpha value is -2.61. The number of primary amides is 1. The minimum Gasteiger partial charge on any atom is -0.441 e. The quantitative estimate of drug-likeness (QED) is 0.441. The van der Waals surface area contributed by atoms with E-state index in [0.717, 1.165) is 25.9 Å². The van der Waals surface area contributed by atoms with Gasteiger partial charge in [-0.05, 0) is 12.8 Å². The van der Waals surface area contributed by atoms with Crippen LogP contribution < -0.4 is 11.1 Å². The number of nitrogens with two attached hydrogens (primary N) is 1. The molecule has 0 atom stereocenters. The van der Waals surface area contributed by atoms with E-state index in [2.05, 4.69) is 17.4 Å². The van der Waals surface area contributed by atoms with Gasteiger partial charge in [0.2, 0.25) is 0 Å². The highest BCUT2D eigenvalue weighted by Gasteiger charge is 2.10. The maximum Gasteiger partial charge on any atom is 0.407 e. The number of carbonyl (C=O) groups excluding carboxylic acids is 2. The van der Waals surface area contributed by atoms with Crippen LogP contribution in [-0.4, -0.2) is 36.9 Å². The van der Waals surface area contributed by atoms with Gasteiger partial charge in [0.05, 0.1) is 6.61 Å². The monoisotopic (exact) mass is 351 g/mol. The van der Waals surface area contributed by atoms with Crippen molar-refractivity contribution in [3.63, 3.8) is 0 Å². The van der Waals surface area contributed by atoms with Gasteiger partial charge in [0.1, 0.15) is 0 Å². The Morgan fingerprint density at radius 1 is 1.32 bits per heavy atom. The summed E-state index contributed by atoms with van der Waals surface area (Å²) in [6.07, 6.45) is 10.0. The molecule has 3 N–H and O–H groups in total. The topological polar surface area (TPSA) is 117 Å². The van der Waals surface area contributed by atoms with Crippen LogP contribution in [0.3, 0.4) is 0 Å². The van der Waals surface area contributed by atoms with Gasteiger partial charge in [-0.1, -0.05) is 42.8 Å². The van der Waals surface area contributed by atoms with Crippen molar-refractivity contribution in [1.82, 2.24) is 10.5 Å². The summed E-state index contributed by atoms with van der Waals surface area (Å²) in [5.74, 6) is -0.464. The molecule has 0 aliphatic carbocycles. The van der Waals surface area contributed by atoms with Crippen molar-refractivity contribution in [2.75, 3.05) is 19.8 Å². The Morgan fingerprint density at radius 3 is 2.84 bits per heavy atom. The summed E-state index contributed by atoms with van der Waals surface area (Å²) in [4.78, 5) is 22.3. The normalized spacial score (nSPS) is 11.2. The molecular formula is C17H25N3O5. The molecule has 1 heterocycles. The van der Waals surface area contributed by atoms with Gasteiger partial charge in [0.25, 0.3) is 5.91 Å². The van der Waals surface area contributed by atoms with Crippen LogP contribution in [0.25, 0.3) is 0 Å². The summed E-state index contributed by atoms with van der Waals surface area (Å²) in [5, 5.41) is 5.98. The smallest absolute Gasteiger partial charge is 0.407 e. The molecule has 138 valence electrons. The Labute approximate surface area is 147 Å². The molecule has 0 aliphatic rings. The summed E-state index contributed by atoms with van der Waals surface area (Å²) in [6, 6.07) is 1.33. The van der Waals surface area contributed by atoms with Crippen molar-refractivity contribution in [2.45, 2.75) is 32.8 Å². The third kappa shape index (κ3) is 9.98. The number of nitrogens with one attached hydrogen (secondary N) is 1. The van der Waals surface area contributed by atoms with Gasteiger partial charge in [0, 0.05) is 19.2 Å². The van der Waals surface area contributed by atoms with Gasteiger partial charge in [-0.25, -0.2) is 4.79 Å². The lowest BCUT2D eigenvalue weighted by molar-refractivity contribution is 0.0990. The fraction of sp³-hybridized carbons (Fsp3) is 0.471. The van der Waals surface area contributed by atoms with Crippen molar-refractivity contribution in [3.8, 4) is 0 Å². The number of carbonyl (C=O) groups is 2. The van der Waals surface area contributed by atoms with Gasteiger partial charge in [-0.15, -0.1) is 0 Å². The zero-order valence-corrected chi connectivity index (χ0v) is 14.4. The summed E-state index contributed by atoms with van der Waals surface area (Å²) in [5.41, 5.74) is 5.02. The second-order valence-corrected chi connectivity index (χ2v) is 5.11. The van der Waals surface area contributed by atoms with Crippen molar-refractivity contribution >= 4 is 12.0 Å². The third-order valence-electron chi connectivity index (χ3n) is 2.98. The van der Waals surface area contributed by atoms with E-state index >= 15 is 0 Å². The van der Waals surface area contributed by atoms with Gasteiger partial charge >= 0.3 is 6.09 Å². The van der Waals surface area contributed by atoms with E-state index in [-0.39, 0.29) is 18.1 Å². The van der Waals surface area contributed by atoms with Crippen LogP contribution >= 0.6 is 0 Å². The van der Waals surface area contributed by atoms with Crippen molar-refractivity contribution < 1.29 is 23.6 Å². The molecule has 25 heavy (non-hydrogen) atoms. The fourth-order valence-electron chi connectivity index (χ4n) is 1.65. The number of aromatic nitrogens is 1. The summed E-state index contributed by atoms with van der Waals surface area (Å²) >= 11 is 0. The Kier molecular flexibility index (Phi) is 10.4. The number of alkyl carbamates (subject to hydrolysis) is 1. The van der Waals surface area contributed by atoms with Crippen LogP contribution in [0.2, 0.25) is 0 Å². The third-order valence-corrected chi connectivity index (χ3v) is 2.98. The zero-order chi connectivity index (χ0) is 18.3. The van der Waals surface area contributed by atoms with Crippen LogP contribution in [0.4, 0.5) is 4.79 Å². The predicted molar refractivity (Wildman–Crippen MR) is 91.8 cm³/mol. The van der Waals surface area contributed by atoms with E-state index in [1.165, 1.54) is 6.07 Å². The van der Waals surface area contributed by atoms with Gasteiger partial charge in [0.15, 0.2) is 18.1 Å². The molecule has 8 nitrogen and oxygen atoms in total. The molecule has 0 unspecified atom stereocenters. The number of hydrogen-bond donors (Lipinski definition) is 2. The molecule has 0 saturated carbocycles. The largest absolute Gasteiger partial charge is 0.441 e. The van der Waals surface area contributed by atoms with Crippen molar-refractivity contribution in [2.24, 2.45) is 5.73 Å². The van der Waals surface area contributed by atoms with Crippen molar-refractivity contribution in [1.29, 1.82) is 0 Å². The highest BCUT2D eigenvalue weighted by Crippen LogP contribution is 2.04. The molecular weight excluding hydrogens is 326 g/mol. The Bertz CT molecular complexity index is 581. The van der Waals surface area contributed by atoms with Crippen LogP contribution in [0.1, 0.15) is 42.4 Å². The first-order chi connectivity index (χ1) is 12.1. The molecule has 0 aromatic carbocycles. The second kappa shape index (κ2) is 12.8. The second-order valence-electron chi connectivity index (χ2n) is 5.11. The van der Waals surface area contributed by atoms with Crippen LogP contribution in [0.5, 0.6) is 0 Å². The van der Waals surface area contributed by atoms with E-state index < -0.39 is 12.0 Å². The molecule has 1 aromatic rings. The lowest BCUT2D eigenvalue weighted by Crippen LogP contribution is -2.24. The Balaban J connectivity index is 2.06. The molecule has 0 fully saturated rings. The SMILES string of the molecule is CCCCOCC/C=C/C=C/CNC(=O)OCc1cc(C(N)=O)no1. The average molecular weight is 351 g/mol. The number of hydrogen-bond acceptors (Lipinski definition) is 6. The van der Waals surface area contributed by atoms with Crippen LogP contribution in [0, 0.1) is 0 Å². The number of allylic oxidation sites excluding steroid dienone is 2. The highest BCUT2D eigenvalue weighted by molar-refractivity contribution is 5.90. The molecule has 0 bridgehead atoms. The van der Waals surface area contributed by atoms with Gasteiger partial charge < -0.3 is 25.0 Å². The molecule has 0 aliphatic heterocycles. The molecule has 1 rings (SSSR count). The first-order valence-electron chi connectivity index (χ1n) is 8.19. The van der Waals surface area contributed by atoms with E-state index in [1.54, 1.807) is 6.08 Å². The number of amides is 2. The molecule has 0 radical (unpaired) electrons. The lowest BCUT2D eigenvalue weighted by atomic mass is 10.3. The summed E-state index contributed by atoms with van der Waals surface area (Å²) in [7, 11) is 0. The van der Waals surface area contributed by atoms with Gasteiger partial charge in [-0.3, -0.25) is 4.79 Å². The zero-order valence-electron chi connectivity index (χ0n) is 14.4. The number of ether oxygens (including phenoxy) is 2. The first kappa shape index (κ1) is 20.4. The minimum absolute atomic E-state index is 0.00973. The van der Waals surface area contributed by atoms with E-state index in [9.17, 15) is 9.59 Å². The van der Waals surface area contributed by atoms with Crippen molar-refractivity contribution in [3.05, 3.63) is 41.8 Å². The average Bonchev–Trinajstić information content (AvgIpc) is 3.07. The summed E-state index contributed by atoms with van der Waals surface area (Å²) in [6.45, 7) is 3.86. The first-order valence-corrected chi connectivity index (χ1v) is 8.19. The number of rotatable bonds is 12. The van der Waals surface area contributed by atoms with E-state index in [1.807, 2.05) is 18.2 Å². The standard InChI is InChI=1S/C17H25N3O5/c1-2-3-10-23-11-8-6-4-5-7-9-19-17(22)24-13-14-12-15(16(18)21)20-25-14/h4-7,12H,2-3,8-11,13H2,1H3,(H2,18,21)(H,19,22)/b6-4+,7-5+. The van der Waals surface area contributed by atoms with E-state index in [4.69, 9.17) is 19.7 Å². The lowest BCUT2D eigenvalue weighted by Gasteiger charge is -2.02. The van der Waals surface area contributed by atoms with Gasteiger partial charge in [-0.2, -0.15) is 0 Å². The molecule has 1 aromatic heterocycles. The predicted octanol–water partition coefficient (Wildman–Crippen LogP) is 2.32. The number of nitrogens with zero attached hydrogens (tertiary/aromatic N) is 1. The summed E-state index contributed by atoms with van der Waals surface area (Å²) < 4.78 is 15.1. The molecule has 0 spiro atoms. The van der Waals surface area contributed by atoms with Crippen LogP contribution in [0.15, 0.2) is 34.9 Å². The number of unbranched alkanes of at least 4 members (excludes halogenated alkanes) is 1. The Morgan fingerprint density at radius 2 is 2.12 bits per heavy atom. The minimum atomic E-state index is -0.704. The highest BCUT2D eigenvalue weighted by atomic mass is 16.6. The van der Waals surface area contributed by atoms with E-state index in [0.29, 0.717) is 13.2 Å². The molecule has 2 amide bonds. The molecule has 8 heteroatoms. The van der Waals surface area contributed by atoms with Crippen LogP contribution in [-0.2, 0) is 16.1 Å². The maximum absolute atomic E-state index is 11.5. The molecule has 0 saturated heterocycles. The maximum atomic E-state index is 11.5.